The number of nitro benzene ring substituents is 1. The number of non-ortho nitro benzene ring substituents is 1. The SMILES string of the molecule is C[n+]1cccc(C(=O)/C=C\c2cccc([N+](=O)[O-])c2)c1. The number of carbonyl (C=O) groups excluding carboxylic acids is 1. The molecule has 0 fully saturated rings. The minimum Gasteiger partial charge on any atom is -0.289 e. The molecule has 0 bridgehead atoms. The number of hydrogen-bond acceptors (Lipinski definition) is 3. The number of hydrogen-bond donors (Lipinski definition) is 0. The Bertz CT molecular complexity index is 693. The number of nitrogens with zero attached hydrogens (tertiary/aromatic N) is 2. The summed E-state index contributed by atoms with van der Waals surface area (Å²) >= 11 is 0. The van der Waals surface area contributed by atoms with Crippen molar-refractivity contribution < 1.29 is 14.3 Å². The van der Waals surface area contributed by atoms with Crippen LogP contribution in [0.3, 0.4) is 0 Å². The van der Waals surface area contributed by atoms with E-state index >= 15 is 0 Å². The monoisotopic (exact) mass is 269 g/mol. The smallest absolute Gasteiger partial charge is 0.270 e. The molecule has 0 spiro atoms. The summed E-state index contributed by atoms with van der Waals surface area (Å²) in [5.74, 6) is -0.146. The Balaban J connectivity index is 2.19. The summed E-state index contributed by atoms with van der Waals surface area (Å²) in [5, 5.41) is 10.7. The van der Waals surface area contributed by atoms with Crippen LogP contribution in [0.1, 0.15) is 15.9 Å². The van der Waals surface area contributed by atoms with Crippen LogP contribution in [0.2, 0.25) is 0 Å². The summed E-state index contributed by atoms with van der Waals surface area (Å²) in [6.45, 7) is 0. The Morgan fingerprint density at radius 3 is 2.80 bits per heavy atom. The van der Waals surface area contributed by atoms with E-state index in [0.717, 1.165) is 0 Å². The second kappa shape index (κ2) is 5.88. The molecule has 1 aromatic carbocycles. The average Bonchev–Trinajstić information content (AvgIpc) is 2.45. The second-order valence-electron chi connectivity index (χ2n) is 4.31. The van der Waals surface area contributed by atoms with Crippen molar-refractivity contribution in [1.29, 1.82) is 0 Å². The van der Waals surface area contributed by atoms with E-state index in [1.54, 1.807) is 41.1 Å². The van der Waals surface area contributed by atoms with Gasteiger partial charge in [0, 0.05) is 18.2 Å². The highest BCUT2D eigenvalue weighted by Crippen LogP contribution is 2.14. The Hall–Kier alpha value is -2.82. The maximum absolute atomic E-state index is 12.0. The molecule has 0 saturated carbocycles. The fourth-order valence-corrected chi connectivity index (χ4v) is 1.74. The second-order valence-corrected chi connectivity index (χ2v) is 4.31. The zero-order chi connectivity index (χ0) is 14.5. The molecule has 0 aliphatic rings. The standard InChI is InChI=1S/C15H13N2O3/c1-16-9-3-5-13(11-16)15(18)8-7-12-4-2-6-14(10-12)17(19)20/h2-11H,1H3/q+1/b8-7-. The molecule has 0 amide bonds. The van der Waals surface area contributed by atoms with Gasteiger partial charge in [-0.3, -0.25) is 14.9 Å². The zero-order valence-electron chi connectivity index (χ0n) is 10.9. The first-order valence-corrected chi connectivity index (χ1v) is 5.98. The highest BCUT2D eigenvalue weighted by Gasteiger charge is 2.07. The Labute approximate surface area is 116 Å². The molecule has 2 aromatic rings. The highest BCUT2D eigenvalue weighted by atomic mass is 16.6. The lowest BCUT2D eigenvalue weighted by molar-refractivity contribution is -0.671. The van der Waals surface area contributed by atoms with Gasteiger partial charge < -0.3 is 0 Å². The van der Waals surface area contributed by atoms with Crippen LogP contribution in [0.25, 0.3) is 6.08 Å². The normalized spacial score (nSPS) is 10.7. The predicted octanol–water partition coefficient (Wildman–Crippen LogP) is 2.32. The van der Waals surface area contributed by atoms with E-state index in [0.29, 0.717) is 11.1 Å². The Morgan fingerprint density at radius 1 is 1.30 bits per heavy atom. The molecule has 100 valence electrons. The summed E-state index contributed by atoms with van der Waals surface area (Å²) in [7, 11) is 1.83. The number of carbonyl (C=O) groups is 1. The fourth-order valence-electron chi connectivity index (χ4n) is 1.74. The minimum atomic E-state index is -0.462. The quantitative estimate of drug-likeness (QED) is 0.281. The van der Waals surface area contributed by atoms with Crippen LogP contribution in [0, 0.1) is 10.1 Å². The number of allylic oxidation sites excluding steroid dienone is 1. The maximum Gasteiger partial charge on any atom is 0.270 e. The number of pyridine rings is 1. The van der Waals surface area contributed by atoms with Gasteiger partial charge in [0.05, 0.1) is 10.5 Å². The molecule has 0 N–H and O–H groups in total. The van der Waals surface area contributed by atoms with Gasteiger partial charge >= 0.3 is 0 Å². The van der Waals surface area contributed by atoms with Gasteiger partial charge in [-0.2, -0.15) is 0 Å². The van der Waals surface area contributed by atoms with Crippen LogP contribution in [-0.2, 0) is 7.05 Å². The molecular formula is C15H13N2O3+. The third-order valence-electron chi connectivity index (χ3n) is 2.73. The largest absolute Gasteiger partial charge is 0.289 e. The van der Waals surface area contributed by atoms with Crippen LogP contribution in [0.4, 0.5) is 5.69 Å². The summed E-state index contributed by atoms with van der Waals surface area (Å²) in [4.78, 5) is 22.2. The Morgan fingerprint density at radius 2 is 2.10 bits per heavy atom. The molecule has 1 heterocycles. The summed E-state index contributed by atoms with van der Waals surface area (Å²) < 4.78 is 1.79. The van der Waals surface area contributed by atoms with Crippen LogP contribution in [0.15, 0.2) is 54.9 Å². The third kappa shape index (κ3) is 3.35. The number of ketones is 1. The third-order valence-corrected chi connectivity index (χ3v) is 2.73. The van der Waals surface area contributed by atoms with Crippen molar-refractivity contribution in [2.24, 2.45) is 7.05 Å². The molecule has 0 aliphatic heterocycles. The first-order valence-electron chi connectivity index (χ1n) is 5.98. The van der Waals surface area contributed by atoms with Gasteiger partial charge in [-0.1, -0.05) is 18.2 Å². The molecule has 1 aromatic heterocycles. The molecule has 20 heavy (non-hydrogen) atoms. The van der Waals surface area contributed by atoms with Crippen molar-refractivity contribution in [2.75, 3.05) is 0 Å². The van der Waals surface area contributed by atoms with Crippen molar-refractivity contribution in [3.8, 4) is 0 Å². The lowest BCUT2D eigenvalue weighted by Gasteiger charge is -1.95. The Kier molecular flexibility index (Phi) is 4.00. The van der Waals surface area contributed by atoms with E-state index in [1.165, 1.54) is 18.2 Å². The van der Waals surface area contributed by atoms with Crippen LogP contribution < -0.4 is 4.57 Å². The van der Waals surface area contributed by atoms with E-state index in [-0.39, 0.29) is 11.5 Å². The topological polar surface area (TPSA) is 64.1 Å². The van der Waals surface area contributed by atoms with Gasteiger partial charge in [-0.25, -0.2) is 4.57 Å². The molecule has 0 radical (unpaired) electrons. The van der Waals surface area contributed by atoms with E-state index in [2.05, 4.69) is 0 Å². The summed E-state index contributed by atoms with van der Waals surface area (Å²) in [6.07, 6.45) is 6.54. The first-order chi connectivity index (χ1) is 9.56. The van der Waals surface area contributed by atoms with Crippen molar-refractivity contribution in [3.05, 3.63) is 76.1 Å². The molecule has 2 rings (SSSR count). The van der Waals surface area contributed by atoms with Crippen LogP contribution in [0.5, 0.6) is 0 Å². The lowest BCUT2D eigenvalue weighted by Crippen LogP contribution is -2.27. The zero-order valence-corrected chi connectivity index (χ0v) is 10.9. The van der Waals surface area contributed by atoms with E-state index < -0.39 is 4.92 Å². The molecule has 5 heteroatoms. The maximum atomic E-state index is 12.0. The van der Waals surface area contributed by atoms with E-state index in [1.807, 2.05) is 13.2 Å². The van der Waals surface area contributed by atoms with E-state index in [9.17, 15) is 14.9 Å². The predicted molar refractivity (Wildman–Crippen MR) is 74.1 cm³/mol. The molecule has 0 saturated heterocycles. The van der Waals surface area contributed by atoms with E-state index in [4.69, 9.17) is 0 Å². The molecule has 0 aliphatic carbocycles. The van der Waals surface area contributed by atoms with Crippen LogP contribution >= 0.6 is 0 Å². The molecule has 5 nitrogen and oxygen atoms in total. The molecular weight excluding hydrogens is 256 g/mol. The first kappa shape index (κ1) is 13.6. The number of nitro groups is 1. The van der Waals surface area contributed by atoms with Gasteiger partial charge in [-0.15, -0.1) is 0 Å². The van der Waals surface area contributed by atoms with Gasteiger partial charge in [-0.05, 0) is 17.7 Å². The van der Waals surface area contributed by atoms with Crippen molar-refractivity contribution in [1.82, 2.24) is 0 Å². The van der Waals surface area contributed by atoms with Crippen molar-refractivity contribution in [3.63, 3.8) is 0 Å². The number of aryl methyl sites for hydroxylation is 1. The molecule has 0 unspecified atom stereocenters. The van der Waals surface area contributed by atoms with Gasteiger partial charge in [0.2, 0.25) is 0 Å². The van der Waals surface area contributed by atoms with Crippen molar-refractivity contribution in [2.45, 2.75) is 0 Å². The highest BCUT2D eigenvalue weighted by molar-refractivity contribution is 6.06. The minimum absolute atomic E-state index is 0.00529. The molecule has 0 atom stereocenters. The number of aromatic nitrogens is 1. The van der Waals surface area contributed by atoms with Gasteiger partial charge in [0.1, 0.15) is 7.05 Å². The average molecular weight is 269 g/mol. The fraction of sp³-hybridized carbons (Fsp3) is 0.0667. The van der Waals surface area contributed by atoms with Crippen molar-refractivity contribution >= 4 is 17.5 Å². The van der Waals surface area contributed by atoms with Gasteiger partial charge in [0.25, 0.3) is 5.69 Å². The lowest BCUT2D eigenvalue weighted by atomic mass is 10.1. The van der Waals surface area contributed by atoms with Gasteiger partial charge in [0.15, 0.2) is 18.2 Å². The number of rotatable bonds is 4. The summed E-state index contributed by atoms with van der Waals surface area (Å²) in [5.41, 5.74) is 1.19. The number of benzene rings is 1. The van der Waals surface area contributed by atoms with Crippen LogP contribution in [-0.4, -0.2) is 10.7 Å². The summed E-state index contributed by atoms with van der Waals surface area (Å²) in [6, 6.07) is 9.65.